The Morgan fingerprint density at radius 2 is 1.97 bits per heavy atom. The minimum Gasteiger partial charge on any atom is -0.492 e. The van der Waals surface area contributed by atoms with Crippen molar-refractivity contribution in [1.29, 1.82) is 0 Å². The van der Waals surface area contributed by atoms with Crippen molar-refractivity contribution in [3.63, 3.8) is 0 Å². The Bertz CT molecular complexity index is 1000. The lowest BCUT2D eigenvalue weighted by Gasteiger charge is -2.17. The SMILES string of the molecule is CCCc1c(/C=N/NC(=O)c2cccc([N+](=O)[O-])c2)c(OC)c2c(c1OC)OCO2. The quantitative estimate of drug-likeness (QED) is 0.399. The van der Waals surface area contributed by atoms with E-state index in [4.69, 9.17) is 18.9 Å². The molecule has 2 aromatic rings. The van der Waals surface area contributed by atoms with Crippen molar-refractivity contribution < 1.29 is 28.7 Å². The molecule has 0 spiro atoms. The van der Waals surface area contributed by atoms with Crippen LogP contribution in [0.25, 0.3) is 0 Å². The maximum absolute atomic E-state index is 12.3. The second-order valence-electron chi connectivity index (χ2n) is 6.28. The van der Waals surface area contributed by atoms with E-state index in [9.17, 15) is 14.9 Å². The third kappa shape index (κ3) is 3.97. The third-order valence-electron chi connectivity index (χ3n) is 4.46. The van der Waals surface area contributed by atoms with Gasteiger partial charge in [0.25, 0.3) is 11.6 Å². The zero-order chi connectivity index (χ0) is 21.7. The van der Waals surface area contributed by atoms with E-state index in [1.165, 1.54) is 44.7 Å². The zero-order valence-corrected chi connectivity index (χ0v) is 16.8. The number of hydrazone groups is 1. The van der Waals surface area contributed by atoms with E-state index in [1.54, 1.807) is 0 Å². The maximum Gasteiger partial charge on any atom is 0.271 e. The molecule has 0 fully saturated rings. The second kappa shape index (κ2) is 9.12. The number of carbonyl (C=O) groups is 1. The lowest BCUT2D eigenvalue weighted by molar-refractivity contribution is -0.384. The van der Waals surface area contributed by atoms with Crippen LogP contribution in [0.5, 0.6) is 23.0 Å². The molecule has 30 heavy (non-hydrogen) atoms. The van der Waals surface area contributed by atoms with Gasteiger partial charge in [-0.3, -0.25) is 14.9 Å². The summed E-state index contributed by atoms with van der Waals surface area (Å²) >= 11 is 0. The number of nitro benzene ring substituents is 1. The summed E-state index contributed by atoms with van der Waals surface area (Å²) in [5.74, 6) is 1.23. The fraction of sp³-hybridized carbons (Fsp3) is 0.300. The normalized spacial score (nSPS) is 12.1. The van der Waals surface area contributed by atoms with E-state index in [0.29, 0.717) is 35.0 Å². The number of ether oxygens (including phenoxy) is 4. The predicted molar refractivity (Wildman–Crippen MR) is 108 cm³/mol. The number of methoxy groups -OCH3 is 2. The number of hydrogen-bond acceptors (Lipinski definition) is 8. The molecule has 0 aliphatic carbocycles. The number of rotatable bonds is 8. The number of nitrogens with one attached hydrogen (secondary N) is 1. The lowest BCUT2D eigenvalue weighted by atomic mass is 10.00. The van der Waals surface area contributed by atoms with Crippen LogP contribution in [-0.4, -0.2) is 38.1 Å². The highest BCUT2D eigenvalue weighted by Gasteiger charge is 2.30. The number of non-ortho nitro benzene ring substituents is 1. The average Bonchev–Trinajstić information content (AvgIpc) is 3.23. The van der Waals surface area contributed by atoms with Crippen LogP contribution in [0.2, 0.25) is 0 Å². The van der Waals surface area contributed by atoms with E-state index in [0.717, 1.165) is 12.0 Å². The van der Waals surface area contributed by atoms with E-state index >= 15 is 0 Å². The summed E-state index contributed by atoms with van der Waals surface area (Å²) in [6.45, 7) is 2.05. The number of benzene rings is 2. The number of nitrogens with zero attached hydrogens (tertiary/aromatic N) is 2. The number of fused-ring (bicyclic) bond motifs is 1. The molecular formula is C20H21N3O7. The van der Waals surface area contributed by atoms with Gasteiger partial charge in [0.1, 0.15) is 0 Å². The molecule has 0 unspecified atom stereocenters. The Labute approximate surface area is 172 Å². The fourth-order valence-corrected chi connectivity index (χ4v) is 3.17. The van der Waals surface area contributed by atoms with Gasteiger partial charge in [-0.1, -0.05) is 19.4 Å². The fourth-order valence-electron chi connectivity index (χ4n) is 3.17. The molecule has 10 heteroatoms. The number of nitro groups is 1. The molecule has 1 aliphatic heterocycles. The topological polar surface area (TPSA) is 122 Å². The van der Waals surface area contributed by atoms with Crippen LogP contribution in [0.15, 0.2) is 29.4 Å². The first kappa shape index (κ1) is 20.9. The van der Waals surface area contributed by atoms with Gasteiger partial charge in [0, 0.05) is 28.8 Å². The van der Waals surface area contributed by atoms with Gasteiger partial charge in [-0.05, 0) is 12.5 Å². The smallest absolute Gasteiger partial charge is 0.271 e. The predicted octanol–water partition coefficient (Wildman–Crippen LogP) is 3.06. The van der Waals surface area contributed by atoms with Gasteiger partial charge in [0.15, 0.2) is 11.5 Å². The second-order valence-corrected chi connectivity index (χ2v) is 6.28. The summed E-state index contributed by atoms with van der Waals surface area (Å²) in [6.07, 6.45) is 2.90. The first-order valence-electron chi connectivity index (χ1n) is 9.16. The van der Waals surface area contributed by atoms with E-state index in [2.05, 4.69) is 10.5 Å². The molecule has 10 nitrogen and oxygen atoms in total. The van der Waals surface area contributed by atoms with Crippen LogP contribution in [0.3, 0.4) is 0 Å². The summed E-state index contributed by atoms with van der Waals surface area (Å²) in [7, 11) is 3.03. The van der Waals surface area contributed by atoms with Crippen molar-refractivity contribution in [3.8, 4) is 23.0 Å². The molecule has 0 saturated heterocycles. The molecule has 1 heterocycles. The molecule has 0 bridgehead atoms. The van der Waals surface area contributed by atoms with Crippen LogP contribution < -0.4 is 24.4 Å². The van der Waals surface area contributed by atoms with Gasteiger partial charge in [0.05, 0.1) is 25.4 Å². The maximum atomic E-state index is 12.3. The molecule has 2 aromatic carbocycles. The van der Waals surface area contributed by atoms with Crippen LogP contribution in [0, 0.1) is 10.1 Å². The molecule has 0 atom stereocenters. The molecule has 0 radical (unpaired) electrons. The summed E-state index contributed by atoms with van der Waals surface area (Å²) in [5.41, 5.74) is 3.70. The zero-order valence-electron chi connectivity index (χ0n) is 16.8. The Morgan fingerprint density at radius 3 is 2.60 bits per heavy atom. The van der Waals surface area contributed by atoms with Gasteiger partial charge in [-0.25, -0.2) is 5.43 Å². The van der Waals surface area contributed by atoms with Gasteiger partial charge < -0.3 is 18.9 Å². The third-order valence-corrected chi connectivity index (χ3v) is 4.46. The summed E-state index contributed by atoms with van der Waals surface area (Å²) < 4.78 is 22.1. The highest BCUT2D eigenvalue weighted by atomic mass is 16.7. The molecule has 158 valence electrons. The number of amides is 1. The highest BCUT2D eigenvalue weighted by Crippen LogP contribution is 2.51. The van der Waals surface area contributed by atoms with Gasteiger partial charge in [-0.15, -0.1) is 0 Å². The Morgan fingerprint density at radius 1 is 1.27 bits per heavy atom. The summed E-state index contributed by atoms with van der Waals surface area (Å²) in [4.78, 5) is 22.7. The number of hydrogen-bond donors (Lipinski definition) is 1. The molecular weight excluding hydrogens is 394 g/mol. The highest BCUT2D eigenvalue weighted by molar-refractivity contribution is 5.96. The monoisotopic (exact) mass is 415 g/mol. The van der Waals surface area contributed by atoms with Crippen molar-refractivity contribution >= 4 is 17.8 Å². The summed E-state index contributed by atoms with van der Waals surface area (Å²) in [5, 5.41) is 14.9. The van der Waals surface area contributed by atoms with Gasteiger partial charge in [-0.2, -0.15) is 5.10 Å². The van der Waals surface area contributed by atoms with Crippen molar-refractivity contribution in [3.05, 3.63) is 51.1 Å². The van der Waals surface area contributed by atoms with Crippen LogP contribution >= 0.6 is 0 Å². The first-order chi connectivity index (χ1) is 14.5. The minimum atomic E-state index is -0.585. The van der Waals surface area contributed by atoms with Crippen molar-refractivity contribution in [2.75, 3.05) is 21.0 Å². The molecule has 1 aliphatic rings. The standard InChI is InChI=1S/C20H21N3O7/c1-4-6-14-15(17(28-3)19-18(16(14)27-2)29-11-30-19)10-21-22-20(24)12-7-5-8-13(9-12)23(25)26/h5,7-10H,4,6,11H2,1-3H3,(H,22,24)/b21-10+. The van der Waals surface area contributed by atoms with Crippen molar-refractivity contribution in [1.82, 2.24) is 5.43 Å². The van der Waals surface area contributed by atoms with E-state index in [1.807, 2.05) is 6.92 Å². The number of carbonyl (C=O) groups excluding carboxylic acids is 1. The Hall–Kier alpha value is -3.82. The molecule has 3 rings (SSSR count). The summed E-state index contributed by atoms with van der Waals surface area (Å²) in [6, 6.07) is 5.38. The van der Waals surface area contributed by atoms with Gasteiger partial charge in [0.2, 0.25) is 18.3 Å². The molecule has 0 saturated carbocycles. The van der Waals surface area contributed by atoms with Crippen LogP contribution in [0.4, 0.5) is 5.69 Å². The first-order valence-corrected chi connectivity index (χ1v) is 9.16. The Balaban J connectivity index is 1.93. The van der Waals surface area contributed by atoms with Crippen LogP contribution in [0.1, 0.15) is 34.8 Å². The van der Waals surface area contributed by atoms with E-state index < -0.39 is 10.8 Å². The molecule has 0 aromatic heterocycles. The van der Waals surface area contributed by atoms with Gasteiger partial charge >= 0.3 is 0 Å². The van der Waals surface area contributed by atoms with Crippen molar-refractivity contribution in [2.24, 2.45) is 5.10 Å². The van der Waals surface area contributed by atoms with Crippen molar-refractivity contribution in [2.45, 2.75) is 19.8 Å². The molecule has 1 amide bonds. The largest absolute Gasteiger partial charge is 0.492 e. The lowest BCUT2D eigenvalue weighted by Crippen LogP contribution is -2.18. The van der Waals surface area contributed by atoms with E-state index in [-0.39, 0.29) is 18.0 Å². The Kier molecular flexibility index (Phi) is 6.35. The minimum absolute atomic E-state index is 0.0394. The average molecular weight is 415 g/mol. The molecule has 1 N–H and O–H groups in total. The van der Waals surface area contributed by atoms with Crippen LogP contribution in [-0.2, 0) is 6.42 Å².